The van der Waals surface area contributed by atoms with Gasteiger partial charge < -0.3 is 24.4 Å². The van der Waals surface area contributed by atoms with Crippen molar-refractivity contribution >= 4 is 11.6 Å². The summed E-state index contributed by atoms with van der Waals surface area (Å²) in [4.78, 5) is 16.4. The van der Waals surface area contributed by atoms with Gasteiger partial charge in [0.15, 0.2) is 0 Å². The molecule has 2 aromatic carbocycles. The van der Waals surface area contributed by atoms with Crippen LogP contribution in [0.2, 0.25) is 0 Å². The van der Waals surface area contributed by atoms with Crippen LogP contribution in [-0.2, 0) is 9.47 Å². The number of amides is 2. The van der Waals surface area contributed by atoms with Crippen molar-refractivity contribution in [2.75, 3.05) is 40.0 Å². The summed E-state index contributed by atoms with van der Waals surface area (Å²) < 4.78 is 39.2. The first-order chi connectivity index (χ1) is 14.9. The average molecular weight is 430 g/mol. The molecule has 2 aromatic rings. The number of carbonyl (C=O) groups is 1. The van der Waals surface area contributed by atoms with Crippen molar-refractivity contribution in [2.45, 2.75) is 12.1 Å². The Balaban J connectivity index is 1.62. The molecule has 0 aromatic heterocycles. The second-order valence-corrected chi connectivity index (χ2v) is 7.71. The van der Waals surface area contributed by atoms with E-state index in [1.807, 2.05) is 0 Å². The number of hydrogen-bond donors (Lipinski definition) is 1. The van der Waals surface area contributed by atoms with E-state index in [1.165, 1.54) is 11.0 Å². The van der Waals surface area contributed by atoms with Crippen LogP contribution in [0.5, 0.6) is 5.75 Å². The predicted octanol–water partition coefficient (Wildman–Crippen LogP) is 3.58. The minimum atomic E-state index is -0.558. The van der Waals surface area contributed by atoms with Gasteiger partial charge in [0.2, 0.25) is 0 Å². The van der Waals surface area contributed by atoms with E-state index in [1.54, 1.807) is 36.2 Å². The number of phenols is 1. The number of phenolic OH excluding ortho intramolecular Hbond substituents is 1. The summed E-state index contributed by atoms with van der Waals surface area (Å²) in [5.41, 5.74) is 1.29. The first kappa shape index (κ1) is 21.3. The van der Waals surface area contributed by atoms with Crippen LogP contribution in [0.4, 0.5) is 13.6 Å². The highest BCUT2D eigenvalue weighted by molar-refractivity contribution is 5.82. The molecule has 31 heavy (non-hydrogen) atoms. The molecule has 1 N–H and O–H groups in total. The highest BCUT2D eigenvalue weighted by Gasteiger charge is 2.34. The maximum atomic E-state index is 14.4. The van der Waals surface area contributed by atoms with E-state index in [0.29, 0.717) is 37.5 Å². The van der Waals surface area contributed by atoms with Crippen molar-refractivity contribution in [3.05, 3.63) is 71.3 Å². The molecule has 4 rings (SSSR count). The molecule has 2 aliphatic rings. The largest absolute Gasteiger partial charge is 0.508 e. The molecule has 8 heteroatoms. The van der Waals surface area contributed by atoms with Crippen LogP contribution in [0.1, 0.15) is 17.2 Å². The molecule has 0 bridgehead atoms. The second kappa shape index (κ2) is 9.03. The molecule has 2 heterocycles. The number of urea groups is 1. The molecule has 164 valence electrons. The Hall–Kier alpha value is -2.97. The first-order valence-corrected chi connectivity index (χ1v) is 10.1. The molecule has 6 nitrogen and oxygen atoms in total. The molecule has 1 fully saturated rings. The average Bonchev–Trinajstić information content (AvgIpc) is 3.21. The molecule has 2 atom stereocenters. The van der Waals surface area contributed by atoms with Gasteiger partial charge in [-0.05, 0) is 41.5 Å². The van der Waals surface area contributed by atoms with Gasteiger partial charge in [-0.25, -0.2) is 13.6 Å². The lowest BCUT2D eigenvalue weighted by atomic mass is 10.0. The number of rotatable bonds is 4. The highest BCUT2D eigenvalue weighted by Crippen LogP contribution is 2.37. The van der Waals surface area contributed by atoms with E-state index in [2.05, 4.69) is 0 Å². The fourth-order valence-electron chi connectivity index (χ4n) is 3.95. The van der Waals surface area contributed by atoms with E-state index >= 15 is 0 Å². The fraction of sp³-hybridized carbons (Fsp3) is 0.348. The van der Waals surface area contributed by atoms with Gasteiger partial charge in [-0.1, -0.05) is 18.2 Å². The van der Waals surface area contributed by atoms with Crippen molar-refractivity contribution in [3.8, 4) is 5.75 Å². The molecule has 2 amide bonds. The lowest BCUT2D eigenvalue weighted by Gasteiger charge is -2.33. The molecule has 0 spiro atoms. The van der Waals surface area contributed by atoms with Crippen LogP contribution < -0.4 is 0 Å². The molecular formula is C23H24F2N2O4. The van der Waals surface area contributed by atoms with Crippen molar-refractivity contribution in [3.63, 3.8) is 0 Å². The SMILES string of the molecule is CN(CC1COCCO1)C(=O)N1CC(c2cc(F)ccc2F)=CC1c1cccc(O)c1. The Bertz CT molecular complexity index is 991. The summed E-state index contributed by atoms with van der Waals surface area (Å²) in [6.45, 7) is 1.86. The molecule has 0 aliphatic carbocycles. The third-order valence-electron chi connectivity index (χ3n) is 5.46. The van der Waals surface area contributed by atoms with Gasteiger partial charge >= 0.3 is 6.03 Å². The number of carbonyl (C=O) groups excluding carboxylic acids is 1. The monoisotopic (exact) mass is 430 g/mol. The Labute approximate surface area is 179 Å². The predicted molar refractivity (Wildman–Crippen MR) is 110 cm³/mol. The van der Waals surface area contributed by atoms with Gasteiger partial charge in [0.1, 0.15) is 17.4 Å². The van der Waals surface area contributed by atoms with E-state index in [0.717, 1.165) is 18.2 Å². The van der Waals surface area contributed by atoms with Crippen molar-refractivity contribution in [2.24, 2.45) is 0 Å². The number of ether oxygens (including phenoxy) is 2. The smallest absolute Gasteiger partial charge is 0.320 e. The van der Waals surface area contributed by atoms with Gasteiger partial charge in [-0.15, -0.1) is 0 Å². The van der Waals surface area contributed by atoms with Crippen molar-refractivity contribution in [1.29, 1.82) is 0 Å². The van der Waals surface area contributed by atoms with Gasteiger partial charge in [-0.2, -0.15) is 0 Å². The number of nitrogens with zero attached hydrogens (tertiary/aromatic N) is 2. The zero-order valence-corrected chi connectivity index (χ0v) is 17.1. The zero-order valence-electron chi connectivity index (χ0n) is 17.1. The van der Waals surface area contributed by atoms with Crippen LogP contribution in [-0.4, -0.2) is 67.0 Å². The number of likely N-dealkylation sites (N-methyl/N-ethyl adjacent to an activating group) is 1. The Morgan fingerprint density at radius 2 is 2.06 bits per heavy atom. The van der Waals surface area contributed by atoms with E-state index in [4.69, 9.17) is 9.47 Å². The van der Waals surface area contributed by atoms with E-state index in [9.17, 15) is 18.7 Å². The number of hydrogen-bond acceptors (Lipinski definition) is 4. The van der Waals surface area contributed by atoms with Crippen LogP contribution in [0.15, 0.2) is 48.5 Å². The Morgan fingerprint density at radius 3 is 2.81 bits per heavy atom. The van der Waals surface area contributed by atoms with E-state index in [-0.39, 0.29) is 30.0 Å². The maximum Gasteiger partial charge on any atom is 0.320 e. The summed E-state index contributed by atoms with van der Waals surface area (Å²) in [6, 6.07) is 9.00. The minimum absolute atomic E-state index is 0.0600. The van der Waals surface area contributed by atoms with Crippen molar-refractivity contribution < 1.29 is 28.2 Å². The van der Waals surface area contributed by atoms with Crippen LogP contribution in [0, 0.1) is 11.6 Å². The summed E-state index contributed by atoms with van der Waals surface area (Å²) in [5.74, 6) is -1.05. The molecule has 0 radical (unpaired) electrons. The van der Waals surface area contributed by atoms with Crippen LogP contribution in [0.25, 0.3) is 5.57 Å². The molecule has 2 unspecified atom stereocenters. The number of benzene rings is 2. The summed E-state index contributed by atoms with van der Waals surface area (Å²) in [6.07, 6.45) is 1.51. The second-order valence-electron chi connectivity index (χ2n) is 7.71. The van der Waals surface area contributed by atoms with Gasteiger partial charge in [-0.3, -0.25) is 0 Å². The Morgan fingerprint density at radius 1 is 1.23 bits per heavy atom. The summed E-state index contributed by atoms with van der Waals surface area (Å²) in [7, 11) is 1.67. The zero-order chi connectivity index (χ0) is 22.0. The summed E-state index contributed by atoms with van der Waals surface area (Å²) in [5, 5.41) is 9.91. The standard InChI is InChI=1S/C23H24F2N2O4/c1-26(13-19-14-30-7-8-31-19)23(29)27-12-16(20-11-17(24)5-6-21(20)25)10-22(27)15-3-2-4-18(28)9-15/h2-6,9-11,19,22,28H,7-8,12-14H2,1H3. The number of aromatic hydroxyl groups is 1. The molecular weight excluding hydrogens is 406 g/mol. The highest BCUT2D eigenvalue weighted by atomic mass is 19.1. The van der Waals surface area contributed by atoms with Crippen LogP contribution >= 0.6 is 0 Å². The normalized spacial score (nSPS) is 21.1. The topological polar surface area (TPSA) is 62.2 Å². The van der Waals surface area contributed by atoms with Gasteiger partial charge in [0, 0.05) is 19.2 Å². The quantitative estimate of drug-likeness (QED) is 0.806. The molecule has 2 aliphatic heterocycles. The fourth-order valence-corrected chi connectivity index (χ4v) is 3.95. The Kier molecular flexibility index (Phi) is 6.20. The number of halogens is 2. The minimum Gasteiger partial charge on any atom is -0.508 e. The molecule has 0 saturated carbocycles. The summed E-state index contributed by atoms with van der Waals surface area (Å²) >= 11 is 0. The van der Waals surface area contributed by atoms with Gasteiger partial charge in [0.25, 0.3) is 0 Å². The lowest BCUT2D eigenvalue weighted by Crippen LogP contribution is -2.46. The maximum absolute atomic E-state index is 14.4. The third kappa shape index (κ3) is 4.70. The van der Waals surface area contributed by atoms with Crippen LogP contribution in [0.3, 0.4) is 0 Å². The molecule has 1 saturated heterocycles. The first-order valence-electron chi connectivity index (χ1n) is 10.1. The van der Waals surface area contributed by atoms with Crippen molar-refractivity contribution in [1.82, 2.24) is 9.80 Å². The third-order valence-corrected chi connectivity index (χ3v) is 5.46. The lowest BCUT2D eigenvalue weighted by molar-refractivity contribution is -0.0934. The van der Waals surface area contributed by atoms with Gasteiger partial charge in [0.05, 0.1) is 38.5 Å². The van der Waals surface area contributed by atoms with E-state index < -0.39 is 17.7 Å².